The minimum atomic E-state index is -0.132. The average Bonchev–Trinajstić information content (AvgIpc) is 2.65. The Bertz CT molecular complexity index is 1020. The van der Waals surface area contributed by atoms with Crippen LogP contribution in [0.4, 0.5) is 0 Å². The minimum Gasteiger partial charge on any atom is -0.334 e. The lowest BCUT2D eigenvalue weighted by molar-refractivity contribution is 0.0739. The summed E-state index contributed by atoms with van der Waals surface area (Å²) in [7, 11) is 0. The number of pyridine rings is 1. The first kappa shape index (κ1) is 18.9. The zero-order valence-corrected chi connectivity index (χ0v) is 16.2. The number of aromatic nitrogens is 1. The molecule has 0 bridgehead atoms. The summed E-state index contributed by atoms with van der Waals surface area (Å²) < 4.78 is 0. The van der Waals surface area contributed by atoms with E-state index in [1.54, 1.807) is 4.90 Å². The van der Waals surface area contributed by atoms with Crippen molar-refractivity contribution in [3.05, 3.63) is 81.1 Å². The maximum atomic E-state index is 13.1. The van der Waals surface area contributed by atoms with Crippen molar-refractivity contribution in [3.8, 4) is 0 Å². The summed E-state index contributed by atoms with van der Waals surface area (Å²) in [4.78, 5) is 30.4. The fourth-order valence-electron chi connectivity index (χ4n) is 3.27. The molecule has 0 aliphatic heterocycles. The molecule has 0 aliphatic carbocycles. The number of aromatic amines is 1. The monoisotopic (exact) mass is 362 g/mol. The number of carbonyl (C=O) groups excluding carboxylic acids is 1. The van der Waals surface area contributed by atoms with Gasteiger partial charge in [0.15, 0.2) is 0 Å². The Hall–Kier alpha value is -2.88. The number of H-pyrrole nitrogens is 1. The molecule has 3 rings (SSSR count). The third-order valence-electron chi connectivity index (χ3n) is 4.88. The largest absolute Gasteiger partial charge is 0.334 e. The molecule has 1 aromatic heterocycles. The molecule has 4 nitrogen and oxygen atoms in total. The van der Waals surface area contributed by atoms with E-state index in [-0.39, 0.29) is 11.5 Å². The fourth-order valence-corrected chi connectivity index (χ4v) is 3.27. The van der Waals surface area contributed by atoms with Gasteiger partial charge >= 0.3 is 0 Å². The van der Waals surface area contributed by atoms with Crippen LogP contribution in [0.3, 0.4) is 0 Å². The summed E-state index contributed by atoms with van der Waals surface area (Å²) in [5.41, 5.74) is 4.06. The summed E-state index contributed by atoms with van der Waals surface area (Å²) in [6.45, 7) is 6.98. The first-order valence-corrected chi connectivity index (χ1v) is 9.47. The van der Waals surface area contributed by atoms with Gasteiger partial charge in [-0.1, -0.05) is 43.7 Å². The second kappa shape index (κ2) is 8.21. The van der Waals surface area contributed by atoms with Gasteiger partial charge in [0.1, 0.15) is 0 Å². The second-order valence-electron chi connectivity index (χ2n) is 7.11. The van der Waals surface area contributed by atoms with Gasteiger partial charge in [-0.15, -0.1) is 0 Å². The summed E-state index contributed by atoms with van der Waals surface area (Å²) in [5.74, 6) is -0.0232. The Balaban J connectivity index is 1.95. The van der Waals surface area contributed by atoms with Crippen molar-refractivity contribution in [3.63, 3.8) is 0 Å². The Labute approximate surface area is 159 Å². The Kier molecular flexibility index (Phi) is 5.75. The van der Waals surface area contributed by atoms with Gasteiger partial charge < -0.3 is 9.88 Å². The topological polar surface area (TPSA) is 53.2 Å². The quantitative estimate of drug-likeness (QED) is 0.697. The molecule has 0 spiro atoms. The molecule has 0 atom stereocenters. The molecule has 0 saturated carbocycles. The number of nitrogens with zero attached hydrogens (tertiary/aromatic N) is 1. The van der Waals surface area contributed by atoms with Gasteiger partial charge in [0.2, 0.25) is 0 Å². The van der Waals surface area contributed by atoms with E-state index in [1.165, 1.54) is 0 Å². The highest BCUT2D eigenvalue weighted by Crippen LogP contribution is 2.17. The van der Waals surface area contributed by atoms with Gasteiger partial charge in [0, 0.05) is 23.2 Å². The van der Waals surface area contributed by atoms with Gasteiger partial charge in [-0.2, -0.15) is 0 Å². The van der Waals surface area contributed by atoms with E-state index in [0.717, 1.165) is 34.9 Å². The van der Waals surface area contributed by atoms with Crippen LogP contribution < -0.4 is 5.56 Å². The third-order valence-corrected chi connectivity index (χ3v) is 4.88. The number of carbonyl (C=O) groups is 1. The van der Waals surface area contributed by atoms with Crippen molar-refractivity contribution in [1.82, 2.24) is 9.88 Å². The van der Waals surface area contributed by atoms with Crippen LogP contribution in [0, 0.1) is 13.8 Å². The molecule has 0 aliphatic rings. The van der Waals surface area contributed by atoms with Gasteiger partial charge in [0.25, 0.3) is 11.5 Å². The second-order valence-corrected chi connectivity index (χ2v) is 7.11. The van der Waals surface area contributed by atoms with Crippen LogP contribution in [0.1, 0.15) is 46.8 Å². The van der Waals surface area contributed by atoms with Crippen molar-refractivity contribution in [2.24, 2.45) is 0 Å². The zero-order chi connectivity index (χ0) is 19.4. The van der Waals surface area contributed by atoms with Crippen LogP contribution in [-0.2, 0) is 6.54 Å². The maximum absolute atomic E-state index is 13.1. The first-order valence-electron chi connectivity index (χ1n) is 9.47. The molecular weight excluding hydrogens is 336 g/mol. The van der Waals surface area contributed by atoms with E-state index < -0.39 is 0 Å². The predicted octanol–water partition coefficient (Wildman–Crippen LogP) is 4.59. The van der Waals surface area contributed by atoms with Gasteiger partial charge in [-0.3, -0.25) is 9.59 Å². The Morgan fingerprint density at radius 2 is 1.85 bits per heavy atom. The van der Waals surface area contributed by atoms with Crippen molar-refractivity contribution >= 4 is 16.8 Å². The molecular formula is C23H26N2O2. The smallest absolute Gasteiger partial charge is 0.254 e. The third kappa shape index (κ3) is 4.27. The number of amides is 1. The normalized spacial score (nSPS) is 10.9. The molecule has 4 heteroatoms. The summed E-state index contributed by atoms with van der Waals surface area (Å²) in [5, 5.41) is 0.981. The highest BCUT2D eigenvalue weighted by molar-refractivity contribution is 5.95. The Morgan fingerprint density at radius 1 is 1.07 bits per heavy atom. The number of aryl methyl sites for hydroxylation is 2. The van der Waals surface area contributed by atoms with Crippen molar-refractivity contribution < 1.29 is 4.79 Å². The minimum absolute atomic E-state index is 0.0232. The molecule has 0 saturated heterocycles. The van der Waals surface area contributed by atoms with Crippen molar-refractivity contribution in [2.45, 2.75) is 40.2 Å². The molecule has 3 aromatic rings. The van der Waals surface area contributed by atoms with Gasteiger partial charge in [0.05, 0.1) is 6.54 Å². The molecule has 1 N–H and O–H groups in total. The molecule has 140 valence electrons. The fraction of sp³-hybridized carbons (Fsp3) is 0.304. The lowest BCUT2D eigenvalue weighted by Crippen LogP contribution is -2.34. The van der Waals surface area contributed by atoms with Crippen LogP contribution in [0.5, 0.6) is 0 Å². The van der Waals surface area contributed by atoms with Crippen LogP contribution in [0.15, 0.2) is 53.3 Å². The lowest BCUT2D eigenvalue weighted by Gasteiger charge is -2.23. The van der Waals surface area contributed by atoms with Crippen molar-refractivity contribution in [1.29, 1.82) is 0 Å². The van der Waals surface area contributed by atoms with Crippen LogP contribution >= 0.6 is 0 Å². The number of fused-ring (bicyclic) bond motifs is 1. The van der Waals surface area contributed by atoms with Gasteiger partial charge in [-0.25, -0.2) is 0 Å². The molecule has 0 radical (unpaired) electrons. The number of rotatable bonds is 6. The van der Waals surface area contributed by atoms with Crippen LogP contribution in [-0.4, -0.2) is 22.3 Å². The summed E-state index contributed by atoms with van der Waals surface area (Å²) in [6, 6.07) is 15.5. The summed E-state index contributed by atoms with van der Waals surface area (Å²) in [6.07, 6.45) is 1.90. The van der Waals surface area contributed by atoms with Crippen LogP contribution in [0.2, 0.25) is 0 Å². The average molecular weight is 362 g/mol. The van der Waals surface area contributed by atoms with E-state index in [4.69, 9.17) is 0 Å². The number of nitrogens with one attached hydrogen (secondary N) is 1. The number of hydrogen-bond acceptors (Lipinski definition) is 2. The molecule has 27 heavy (non-hydrogen) atoms. The lowest BCUT2D eigenvalue weighted by atomic mass is 10.1. The number of benzene rings is 2. The van der Waals surface area contributed by atoms with E-state index in [2.05, 4.69) is 11.9 Å². The van der Waals surface area contributed by atoms with E-state index in [9.17, 15) is 9.59 Å². The van der Waals surface area contributed by atoms with E-state index in [1.807, 2.05) is 62.4 Å². The zero-order valence-electron chi connectivity index (χ0n) is 16.2. The first-order chi connectivity index (χ1) is 13.0. The molecule has 1 heterocycles. The van der Waals surface area contributed by atoms with E-state index >= 15 is 0 Å². The number of unbranched alkanes of at least 4 members (excludes halogenated alkanes) is 1. The molecule has 0 unspecified atom stereocenters. The standard InChI is InChI=1S/C23H26N2O2/c1-4-5-12-25(23(27)20-9-7-6-8-17(20)3)15-19-14-18-11-10-16(2)13-21(18)24-22(19)26/h6-11,13-14H,4-5,12,15H2,1-3H3,(H,24,26). The highest BCUT2D eigenvalue weighted by Gasteiger charge is 2.19. The highest BCUT2D eigenvalue weighted by atomic mass is 16.2. The molecule has 0 fully saturated rings. The summed E-state index contributed by atoms with van der Waals surface area (Å²) >= 11 is 0. The van der Waals surface area contributed by atoms with Gasteiger partial charge in [-0.05, 0) is 55.0 Å². The molecule has 1 amide bonds. The Morgan fingerprint density at radius 3 is 2.59 bits per heavy atom. The number of hydrogen-bond donors (Lipinski definition) is 1. The predicted molar refractivity (Wildman–Crippen MR) is 110 cm³/mol. The van der Waals surface area contributed by atoms with Crippen molar-refractivity contribution in [2.75, 3.05) is 6.54 Å². The van der Waals surface area contributed by atoms with Crippen LogP contribution in [0.25, 0.3) is 10.9 Å². The van der Waals surface area contributed by atoms with E-state index in [0.29, 0.717) is 24.2 Å². The maximum Gasteiger partial charge on any atom is 0.254 e. The molecule has 2 aromatic carbocycles. The SMILES string of the molecule is CCCCN(Cc1cc2ccc(C)cc2[nH]c1=O)C(=O)c1ccccc1C.